The molecule has 2 amide bonds. The summed E-state index contributed by atoms with van der Waals surface area (Å²) in [4.78, 5) is 44.2. The number of anilines is 2. The van der Waals surface area contributed by atoms with Gasteiger partial charge in [0.1, 0.15) is 18.2 Å². The molecular weight excluding hydrogens is 442 g/mol. The zero-order valence-electron chi connectivity index (χ0n) is 18.2. The number of carbonyl (C=O) groups is 2. The first-order chi connectivity index (χ1) is 16.3. The quantitative estimate of drug-likeness (QED) is 0.472. The second-order valence-electron chi connectivity index (χ2n) is 7.58. The smallest absolute Gasteiger partial charge is 0.294 e. The van der Waals surface area contributed by atoms with Gasteiger partial charge in [-0.2, -0.15) is 0 Å². The average molecular weight is 462 g/mol. The van der Waals surface area contributed by atoms with Gasteiger partial charge in [0.2, 0.25) is 17.6 Å². The fourth-order valence-corrected chi connectivity index (χ4v) is 3.54. The van der Waals surface area contributed by atoms with E-state index in [0.29, 0.717) is 17.1 Å². The molecule has 0 fully saturated rings. The van der Waals surface area contributed by atoms with E-state index >= 15 is 0 Å². The lowest BCUT2D eigenvalue weighted by Crippen LogP contribution is -2.38. The van der Waals surface area contributed by atoms with Gasteiger partial charge in [-0.1, -0.05) is 42.5 Å². The molecule has 4 rings (SSSR count). The minimum absolute atomic E-state index is 0.115. The van der Waals surface area contributed by atoms with Crippen molar-refractivity contribution in [3.05, 3.63) is 100 Å². The number of nitrogens with one attached hydrogen (secondary N) is 1. The molecule has 0 radical (unpaired) electrons. The highest BCUT2D eigenvalue weighted by Gasteiger charge is 2.22. The monoisotopic (exact) mass is 462 g/mol. The van der Waals surface area contributed by atoms with Crippen molar-refractivity contribution in [2.24, 2.45) is 0 Å². The minimum Gasteiger partial charge on any atom is -0.322 e. The third kappa shape index (κ3) is 4.83. The Balaban J connectivity index is 1.74. The van der Waals surface area contributed by atoms with Crippen molar-refractivity contribution in [3.8, 4) is 0 Å². The normalized spacial score (nSPS) is 10.8. The maximum absolute atomic E-state index is 14.0. The maximum Gasteiger partial charge on any atom is 0.294 e. The van der Waals surface area contributed by atoms with E-state index in [1.54, 1.807) is 24.3 Å². The molecule has 0 bridgehead atoms. The van der Waals surface area contributed by atoms with E-state index in [9.17, 15) is 23.2 Å². The van der Waals surface area contributed by atoms with E-state index in [2.05, 4.69) is 10.3 Å². The number of rotatable bonds is 6. The van der Waals surface area contributed by atoms with Gasteiger partial charge in [-0.05, 0) is 29.8 Å². The summed E-state index contributed by atoms with van der Waals surface area (Å²) in [6.45, 7) is 0.972. The number of hydrogen-bond donors (Lipinski definition) is 1. The second-order valence-corrected chi connectivity index (χ2v) is 7.58. The predicted molar refractivity (Wildman–Crippen MR) is 124 cm³/mol. The number of para-hydroxylation sites is 2. The highest BCUT2D eigenvalue weighted by molar-refractivity contribution is 5.93. The first-order valence-corrected chi connectivity index (χ1v) is 10.4. The molecule has 0 saturated heterocycles. The lowest BCUT2D eigenvalue weighted by atomic mass is 10.2. The second kappa shape index (κ2) is 9.62. The van der Waals surface area contributed by atoms with Gasteiger partial charge in [0.05, 0.1) is 23.3 Å². The summed E-state index contributed by atoms with van der Waals surface area (Å²) in [7, 11) is 0. The third-order valence-corrected chi connectivity index (χ3v) is 5.16. The number of hydrogen-bond acceptors (Lipinski definition) is 4. The molecule has 0 atom stereocenters. The molecule has 0 spiro atoms. The standard InChI is InChI=1S/C25H20F2N4O3/c1-16(32)30(14-17-7-3-2-4-8-17)24-25(34)31(22-10-6-5-9-21(22)29-24)15-23(33)28-20-12-11-18(26)13-19(20)27/h2-13H,14-15H2,1H3,(H,28,33). The molecule has 0 aliphatic rings. The molecule has 7 nitrogen and oxygen atoms in total. The van der Waals surface area contributed by atoms with Crippen LogP contribution in [-0.4, -0.2) is 21.4 Å². The van der Waals surface area contributed by atoms with Crippen molar-refractivity contribution in [1.82, 2.24) is 9.55 Å². The summed E-state index contributed by atoms with van der Waals surface area (Å²) in [5.74, 6) is -2.94. The maximum atomic E-state index is 14.0. The molecular formula is C25H20F2N4O3. The molecule has 0 saturated carbocycles. The summed E-state index contributed by atoms with van der Waals surface area (Å²) < 4.78 is 28.3. The highest BCUT2D eigenvalue weighted by atomic mass is 19.1. The molecule has 9 heteroatoms. The van der Waals surface area contributed by atoms with Crippen molar-refractivity contribution < 1.29 is 18.4 Å². The lowest BCUT2D eigenvalue weighted by Gasteiger charge is -2.21. The Kier molecular flexibility index (Phi) is 6.44. The molecule has 1 heterocycles. The van der Waals surface area contributed by atoms with Crippen LogP contribution in [0.25, 0.3) is 11.0 Å². The first-order valence-electron chi connectivity index (χ1n) is 10.4. The van der Waals surface area contributed by atoms with Crippen LogP contribution in [0.4, 0.5) is 20.3 Å². The van der Waals surface area contributed by atoms with Crippen LogP contribution >= 0.6 is 0 Å². The van der Waals surface area contributed by atoms with Crippen LogP contribution < -0.4 is 15.8 Å². The number of fused-ring (bicyclic) bond motifs is 1. The van der Waals surface area contributed by atoms with Crippen LogP contribution in [0.3, 0.4) is 0 Å². The molecule has 3 aromatic carbocycles. The van der Waals surface area contributed by atoms with E-state index in [1.165, 1.54) is 16.4 Å². The zero-order valence-corrected chi connectivity index (χ0v) is 18.2. The van der Waals surface area contributed by atoms with Gasteiger partial charge >= 0.3 is 0 Å². The molecule has 4 aromatic rings. The molecule has 0 aliphatic heterocycles. The van der Waals surface area contributed by atoms with Crippen LogP contribution in [0.5, 0.6) is 0 Å². The van der Waals surface area contributed by atoms with Crippen molar-refractivity contribution in [2.45, 2.75) is 20.0 Å². The summed E-state index contributed by atoms with van der Waals surface area (Å²) in [6.07, 6.45) is 0. The Morgan fingerprint density at radius 1 is 1.00 bits per heavy atom. The van der Waals surface area contributed by atoms with Crippen molar-refractivity contribution in [1.29, 1.82) is 0 Å². The molecule has 34 heavy (non-hydrogen) atoms. The Hall–Kier alpha value is -4.40. The molecule has 0 aliphatic carbocycles. The average Bonchev–Trinajstić information content (AvgIpc) is 2.82. The van der Waals surface area contributed by atoms with Gasteiger partial charge in [0, 0.05) is 13.0 Å². The van der Waals surface area contributed by atoms with Gasteiger partial charge < -0.3 is 5.32 Å². The largest absolute Gasteiger partial charge is 0.322 e. The van der Waals surface area contributed by atoms with Gasteiger partial charge in [0.15, 0.2) is 0 Å². The van der Waals surface area contributed by atoms with E-state index in [4.69, 9.17) is 0 Å². The topological polar surface area (TPSA) is 84.3 Å². The van der Waals surface area contributed by atoms with Gasteiger partial charge in [-0.15, -0.1) is 0 Å². The summed E-state index contributed by atoms with van der Waals surface area (Å²) in [5.41, 5.74) is 0.696. The molecule has 1 aromatic heterocycles. The fraction of sp³-hybridized carbons (Fsp3) is 0.120. The van der Waals surface area contributed by atoms with Crippen LogP contribution in [0, 0.1) is 11.6 Å². The van der Waals surface area contributed by atoms with Gasteiger partial charge in [-0.25, -0.2) is 13.8 Å². The number of aromatic nitrogens is 2. The fourth-order valence-electron chi connectivity index (χ4n) is 3.54. The lowest BCUT2D eigenvalue weighted by molar-refractivity contribution is -0.117. The van der Waals surface area contributed by atoms with Crippen molar-refractivity contribution >= 4 is 34.4 Å². The summed E-state index contributed by atoms with van der Waals surface area (Å²) >= 11 is 0. The number of halogens is 2. The van der Waals surface area contributed by atoms with E-state index in [-0.39, 0.29) is 18.1 Å². The van der Waals surface area contributed by atoms with Crippen molar-refractivity contribution in [3.63, 3.8) is 0 Å². The zero-order chi connectivity index (χ0) is 24.2. The van der Waals surface area contributed by atoms with Crippen LogP contribution in [-0.2, 0) is 22.7 Å². The Morgan fingerprint density at radius 3 is 2.41 bits per heavy atom. The Morgan fingerprint density at radius 2 is 1.71 bits per heavy atom. The molecule has 172 valence electrons. The Bertz CT molecular complexity index is 1440. The van der Waals surface area contributed by atoms with Gasteiger partial charge in [0.25, 0.3) is 5.56 Å². The Labute approximate surface area is 193 Å². The van der Waals surface area contributed by atoms with Crippen LogP contribution in [0.15, 0.2) is 77.6 Å². The molecule has 1 N–H and O–H groups in total. The summed E-state index contributed by atoms with van der Waals surface area (Å²) in [6, 6.07) is 18.6. The van der Waals surface area contributed by atoms with E-state index in [0.717, 1.165) is 17.7 Å². The number of amides is 2. The van der Waals surface area contributed by atoms with Gasteiger partial charge in [-0.3, -0.25) is 23.9 Å². The first kappa shape index (κ1) is 22.8. The number of nitrogens with zero attached hydrogens (tertiary/aromatic N) is 3. The summed E-state index contributed by atoms with van der Waals surface area (Å²) in [5, 5.41) is 2.35. The van der Waals surface area contributed by atoms with Crippen LogP contribution in [0.1, 0.15) is 12.5 Å². The highest BCUT2D eigenvalue weighted by Crippen LogP contribution is 2.18. The number of carbonyl (C=O) groups excluding carboxylic acids is 2. The third-order valence-electron chi connectivity index (χ3n) is 5.16. The minimum atomic E-state index is -0.938. The van der Waals surface area contributed by atoms with Crippen molar-refractivity contribution in [2.75, 3.05) is 10.2 Å². The van der Waals surface area contributed by atoms with Crippen LogP contribution in [0.2, 0.25) is 0 Å². The predicted octanol–water partition coefficient (Wildman–Crippen LogP) is 3.87. The van der Waals surface area contributed by atoms with E-state index in [1.807, 2.05) is 30.3 Å². The van der Waals surface area contributed by atoms with E-state index < -0.39 is 35.6 Å². The SMILES string of the molecule is CC(=O)N(Cc1ccccc1)c1nc2ccccc2n(CC(=O)Nc2ccc(F)cc2F)c1=O. The molecule has 0 unspecified atom stereocenters. The number of benzene rings is 3.